The average Bonchev–Trinajstić information content (AvgIpc) is 2.79. The van der Waals surface area contributed by atoms with Crippen LogP contribution in [-0.2, 0) is 13.6 Å². The van der Waals surface area contributed by atoms with E-state index < -0.39 is 0 Å². The molecule has 0 radical (unpaired) electrons. The molecule has 2 aromatic carbocycles. The molecule has 0 saturated carbocycles. The highest BCUT2D eigenvalue weighted by Gasteiger charge is 2.20. The monoisotopic (exact) mass is 364 g/mol. The lowest BCUT2D eigenvalue weighted by Gasteiger charge is -2.14. The van der Waals surface area contributed by atoms with Gasteiger partial charge in [0.15, 0.2) is 0 Å². The predicted octanol–water partition coefficient (Wildman–Crippen LogP) is 4.07. The molecule has 0 spiro atoms. The highest BCUT2D eigenvalue weighted by Crippen LogP contribution is 2.34. The Hall–Kier alpha value is -2.85. The predicted molar refractivity (Wildman–Crippen MR) is 104 cm³/mol. The van der Waals surface area contributed by atoms with E-state index in [9.17, 15) is 4.79 Å². The molecule has 3 aromatic rings. The number of benzene rings is 2. The molecule has 2 heterocycles. The third kappa shape index (κ3) is 2.82. The van der Waals surface area contributed by atoms with Gasteiger partial charge in [-0.3, -0.25) is 9.79 Å². The van der Waals surface area contributed by atoms with Crippen LogP contribution in [-0.4, -0.2) is 17.4 Å². The number of nitrogens with zero attached hydrogens (tertiary/aromatic N) is 2. The number of hydrogen-bond acceptors (Lipinski definition) is 3. The zero-order chi connectivity index (χ0) is 18.3. The normalized spacial score (nSPS) is 12.7. The fourth-order valence-electron chi connectivity index (χ4n) is 3.23. The van der Waals surface area contributed by atoms with E-state index in [4.69, 9.17) is 21.3 Å². The van der Waals surface area contributed by atoms with Gasteiger partial charge in [-0.25, -0.2) is 0 Å². The van der Waals surface area contributed by atoms with Gasteiger partial charge in [0.1, 0.15) is 5.75 Å². The van der Waals surface area contributed by atoms with Crippen LogP contribution >= 0.6 is 11.6 Å². The fourth-order valence-corrected chi connectivity index (χ4v) is 3.35. The Labute approximate surface area is 156 Å². The number of aliphatic imine (C=N–C) groups is 1. The maximum atomic E-state index is 12.1. The molecule has 0 fully saturated rings. The van der Waals surface area contributed by atoms with Gasteiger partial charge in [-0.2, -0.15) is 0 Å². The number of aromatic nitrogens is 1. The van der Waals surface area contributed by atoms with E-state index in [1.54, 1.807) is 24.8 Å². The van der Waals surface area contributed by atoms with Crippen LogP contribution in [0.3, 0.4) is 0 Å². The van der Waals surface area contributed by atoms with Crippen LogP contribution in [0.5, 0.6) is 5.75 Å². The SMILES string of the molecule is COc1ccc2c(c1)C(c1ccc(Cl)cc1)=NCc1cc(=O)n(C)cc1-2. The maximum Gasteiger partial charge on any atom is 0.250 e. The maximum absolute atomic E-state index is 12.1. The van der Waals surface area contributed by atoms with E-state index in [-0.39, 0.29) is 5.56 Å². The van der Waals surface area contributed by atoms with Crippen molar-refractivity contribution < 1.29 is 4.74 Å². The first-order valence-corrected chi connectivity index (χ1v) is 8.63. The number of pyridine rings is 1. The molecule has 0 N–H and O–H groups in total. The summed E-state index contributed by atoms with van der Waals surface area (Å²) in [6, 6.07) is 15.2. The van der Waals surface area contributed by atoms with Crippen LogP contribution < -0.4 is 10.3 Å². The van der Waals surface area contributed by atoms with E-state index in [2.05, 4.69) is 0 Å². The average molecular weight is 365 g/mol. The molecule has 1 aliphatic rings. The molecule has 4 rings (SSSR count). The van der Waals surface area contributed by atoms with E-state index in [0.29, 0.717) is 11.6 Å². The minimum Gasteiger partial charge on any atom is -0.497 e. The Morgan fingerprint density at radius 1 is 1.04 bits per heavy atom. The van der Waals surface area contributed by atoms with E-state index in [0.717, 1.165) is 39.3 Å². The molecule has 26 heavy (non-hydrogen) atoms. The van der Waals surface area contributed by atoms with Gasteiger partial charge in [-0.1, -0.05) is 23.7 Å². The molecule has 0 atom stereocenters. The van der Waals surface area contributed by atoms with Gasteiger partial charge in [0.05, 0.1) is 19.4 Å². The number of halogens is 1. The smallest absolute Gasteiger partial charge is 0.250 e. The van der Waals surface area contributed by atoms with Crippen molar-refractivity contribution in [1.82, 2.24) is 4.57 Å². The first kappa shape index (κ1) is 16.6. The summed E-state index contributed by atoms with van der Waals surface area (Å²) >= 11 is 6.04. The third-order valence-electron chi connectivity index (χ3n) is 4.61. The van der Waals surface area contributed by atoms with Gasteiger partial charge >= 0.3 is 0 Å². The summed E-state index contributed by atoms with van der Waals surface area (Å²) in [5, 5.41) is 0.681. The molecule has 5 heteroatoms. The van der Waals surface area contributed by atoms with Gasteiger partial charge in [0.25, 0.3) is 5.56 Å². The van der Waals surface area contributed by atoms with E-state index >= 15 is 0 Å². The minimum absolute atomic E-state index is 0.0380. The quantitative estimate of drug-likeness (QED) is 0.688. The second kappa shape index (κ2) is 6.46. The summed E-state index contributed by atoms with van der Waals surface area (Å²) in [7, 11) is 3.41. The number of methoxy groups -OCH3 is 1. The van der Waals surface area contributed by atoms with Crippen molar-refractivity contribution in [3.63, 3.8) is 0 Å². The van der Waals surface area contributed by atoms with Gasteiger partial charge < -0.3 is 9.30 Å². The molecular formula is C21H17ClN2O2. The zero-order valence-electron chi connectivity index (χ0n) is 14.5. The van der Waals surface area contributed by atoms with Gasteiger partial charge in [-0.15, -0.1) is 0 Å². The summed E-state index contributed by atoms with van der Waals surface area (Å²) in [4.78, 5) is 16.9. The van der Waals surface area contributed by atoms with Gasteiger partial charge in [0, 0.05) is 41.0 Å². The van der Waals surface area contributed by atoms with Gasteiger partial charge in [0.2, 0.25) is 0 Å². The number of fused-ring (bicyclic) bond motifs is 3. The lowest BCUT2D eigenvalue weighted by Crippen LogP contribution is -2.16. The lowest BCUT2D eigenvalue weighted by molar-refractivity contribution is 0.415. The van der Waals surface area contributed by atoms with Crippen molar-refractivity contribution in [2.75, 3.05) is 7.11 Å². The molecule has 1 aromatic heterocycles. The van der Waals surface area contributed by atoms with Crippen LogP contribution in [0.4, 0.5) is 0 Å². The molecule has 0 saturated heterocycles. The van der Waals surface area contributed by atoms with Crippen molar-refractivity contribution >= 4 is 17.3 Å². The molecule has 130 valence electrons. The Morgan fingerprint density at radius 2 is 1.81 bits per heavy atom. The second-order valence-corrected chi connectivity index (χ2v) is 6.68. The van der Waals surface area contributed by atoms with Crippen LogP contribution in [0.1, 0.15) is 16.7 Å². The minimum atomic E-state index is -0.0380. The Kier molecular flexibility index (Phi) is 4.13. The number of ether oxygens (including phenoxy) is 1. The van der Waals surface area contributed by atoms with Gasteiger partial charge in [-0.05, 0) is 41.5 Å². The molecule has 0 aliphatic carbocycles. The van der Waals surface area contributed by atoms with E-state index in [1.165, 1.54) is 0 Å². The van der Waals surface area contributed by atoms with Crippen molar-refractivity contribution in [2.24, 2.45) is 12.0 Å². The van der Waals surface area contributed by atoms with Crippen LogP contribution in [0, 0.1) is 0 Å². The first-order valence-electron chi connectivity index (χ1n) is 8.25. The summed E-state index contributed by atoms with van der Waals surface area (Å²) in [6.07, 6.45) is 1.88. The lowest BCUT2D eigenvalue weighted by atomic mass is 9.93. The standard InChI is InChI=1S/C21H17ClN2O2/c1-24-12-19-14(9-20(24)25)11-23-21(13-3-5-15(22)6-4-13)18-10-16(26-2)7-8-17(18)19/h3-10,12H,11H2,1-2H3. The Balaban J connectivity index is 2.00. The highest BCUT2D eigenvalue weighted by atomic mass is 35.5. The Bertz CT molecular complexity index is 1080. The second-order valence-electron chi connectivity index (χ2n) is 6.24. The molecule has 0 bridgehead atoms. The summed E-state index contributed by atoms with van der Waals surface area (Å²) in [5.41, 5.74) is 5.74. The van der Waals surface area contributed by atoms with Crippen molar-refractivity contribution in [2.45, 2.75) is 6.54 Å². The summed E-state index contributed by atoms with van der Waals surface area (Å²) < 4.78 is 7.02. The van der Waals surface area contributed by atoms with Crippen molar-refractivity contribution in [3.8, 4) is 16.9 Å². The van der Waals surface area contributed by atoms with Crippen LogP contribution in [0.2, 0.25) is 5.02 Å². The Morgan fingerprint density at radius 3 is 2.54 bits per heavy atom. The molecule has 0 unspecified atom stereocenters. The molecule has 1 aliphatic heterocycles. The topological polar surface area (TPSA) is 43.6 Å². The fraction of sp³-hybridized carbons (Fsp3) is 0.143. The number of hydrogen-bond donors (Lipinski definition) is 0. The number of rotatable bonds is 2. The van der Waals surface area contributed by atoms with Crippen LogP contribution in [0.25, 0.3) is 11.1 Å². The molecule has 4 nitrogen and oxygen atoms in total. The van der Waals surface area contributed by atoms with Crippen LogP contribution in [0.15, 0.2) is 64.5 Å². The zero-order valence-corrected chi connectivity index (χ0v) is 15.2. The molecular weight excluding hydrogens is 348 g/mol. The van der Waals surface area contributed by atoms with Crippen molar-refractivity contribution in [1.29, 1.82) is 0 Å². The third-order valence-corrected chi connectivity index (χ3v) is 4.86. The largest absolute Gasteiger partial charge is 0.497 e. The van der Waals surface area contributed by atoms with E-state index in [1.807, 2.05) is 48.7 Å². The summed E-state index contributed by atoms with van der Waals surface area (Å²) in [5.74, 6) is 0.763. The molecule has 0 amide bonds. The van der Waals surface area contributed by atoms with Crippen molar-refractivity contribution in [3.05, 3.63) is 86.8 Å². The summed E-state index contributed by atoms with van der Waals surface area (Å²) in [6.45, 7) is 0.445. The first-order chi connectivity index (χ1) is 12.6. The number of aryl methyl sites for hydroxylation is 1. The highest BCUT2D eigenvalue weighted by molar-refractivity contribution is 6.30.